The van der Waals surface area contributed by atoms with Crippen molar-refractivity contribution in [1.82, 2.24) is 9.88 Å². The molecule has 0 unspecified atom stereocenters. The van der Waals surface area contributed by atoms with E-state index in [0.29, 0.717) is 5.58 Å². The number of nitrogens with one attached hydrogen (secondary N) is 1. The Labute approximate surface area is 180 Å². The van der Waals surface area contributed by atoms with Gasteiger partial charge in [-0.05, 0) is 73.8 Å². The van der Waals surface area contributed by atoms with Crippen LogP contribution in [0.4, 0.5) is 10.1 Å². The summed E-state index contributed by atoms with van der Waals surface area (Å²) in [6, 6.07) is 14.3. The summed E-state index contributed by atoms with van der Waals surface area (Å²) in [6.07, 6.45) is 5.31. The Morgan fingerprint density at radius 2 is 1.84 bits per heavy atom. The molecule has 2 aromatic heterocycles. The van der Waals surface area contributed by atoms with Crippen molar-refractivity contribution in [2.24, 2.45) is 0 Å². The zero-order valence-electron chi connectivity index (χ0n) is 17.4. The molecule has 1 fully saturated rings. The number of benzene rings is 2. The van der Waals surface area contributed by atoms with E-state index in [-0.39, 0.29) is 11.4 Å². The van der Waals surface area contributed by atoms with Gasteiger partial charge in [0.25, 0.3) is 0 Å². The Kier molecular flexibility index (Phi) is 5.47. The minimum Gasteiger partial charge on any atom is -0.423 e. The molecule has 31 heavy (non-hydrogen) atoms. The van der Waals surface area contributed by atoms with Crippen molar-refractivity contribution in [2.75, 3.05) is 37.6 Å². The predicted octanol–water partition coefficient (Wildman–Crippen LogP) is 4.56. The Morgan fingerprint density at radius 3 is 2.71 bits per heavy atom. The molecule has 0 aliphatic carbocycles. The smallest absolute Gasteiger partial charge is 0.336 e. The van der Waals surface area contributed by atoms with E-state index in [0.717, 1.165) is 68.3 Å². The van der Waals surface area contributed by atoms with E-state index >= 15 is 0 Å². The van der Waals surface area contributed by atoms with Gasteiger partial charge in [-0.15, -0.1) is 0 Å². The van der Waals surface area contributed by atoms with Crippen LogP contribution in [-0.4, -0.2) is 42.6 Å². The molecule has 1 aliphatic rings. The molecule has 0 bridgehead atoms. The first-order chi connectivity index (χ1) is 15.2. The van der Waals surface area contributed by atoms with Crippen LogP contribution in [0.2, 0.25) is 0 Å². The van der Waals surface area contributed by atoms with Gasteiger partial charge < -0.3 is 14.3 Å². The normalized spacial score (nSPS) is 15.2. The van der Waals surface area contributed by atoms with Gasteiger partial charge in [-0.1, -0.05) is 0 Å². The number of rotatable bonds is 6. The number of unbranched alkanes of at least 4 members (excludes halogenated alkanes) is 1. The molecule has 2 aromatic carbocycles. The summed E-state index contributed by atoms with van der Waals surface area (Å²) in [5, 5.41) is 2.09. The van der Waals surface area contributed by atoms with Gasteiger partial charge in [0.2, 0.25) is 0 Å². The highest BCUT2D eigenvalue weighted by Gasteiger charge is 2.17. The zero-order valence-corrected chi connectivity index (χ0v) is 17.4. The Hall–Kier alpha value is -3.12. The van der Waals surface area contributed by atoms with Crippen molar-refractivity contribution < 1.29 is 8.81 Å². The lowest BCUT2D eigenvalue weighted by molar-refractivity contribution is 0.253. The van der Waals surface area contributed by atoms with Crippen LogP contribution in [0.1, 0.15) is 18.4 Å². The average molecular weight is 420 g/mol. The van der Waals surface area contributed by atoms with Gasteiger partial charge in [-0.2, -0.15) is 0 Å². The molecule has 0 radical (unpaired) electrons. The maximum atomic E-state index is 13.3. The van der Waals surface area contributed by atoms with Crippen LogP contribution in [0.25, 0.3) is 21.9 Å². The topological polar surface area (TPSA) is 52.5 Å². The molecule has 5 rings (SSSR count). The van der Waals surface area contributed by atoms with Gasteiger partial charge in [0, 0.05) is 60.4 Å². The molecule has 3 heterocycles. The van der Waals surface area contributed by atoms with Crippen molar-refractivity contribution in [2.45, 2.75) is 19.3 Å². The number of fused-ring (bicyclic) bond motifs is 2. The Morgan fingerprint density at radius 1 is 0.968 bits per heavy atom. The number of piperazine rings is 1. The Balaban J connectivity index is 1.10. The summed E-state index contributed by atoms with van der Waals surface area (Å²) in [4.78, 5) is 19.5. The molecule has 6 heteroatoms. The van der Waals surface area contributed by atoms with Crippen LogP contribution in [0.15, 0.2) is 63.9 Å². The van der Waals surface area contributed by atoms with Gasteiger partial charge in [0.05, 0.1) is 0 Å². The Bertz CT molecular complexity index is 1250. The van der Waals surface area contributed by atoms with Gasteiger partial charge in [0.15, 0.2) is 0 Å². The second kappa shape index (κ2) is 8.55. The summed E-state index contributed by atoms with van der Waals surface area (Å²) in [7, 11) is 0. The third-order valence-corrected chi connectivity index (χ3v) is 6.24. The third-order valence-electron chi connectivity index (χ3n) is 6.24. The summed E-state index contributed by atoms with van der Waals surface area (Å²) in [5.74, 6) is -0.199. The van der Waals surface area contributed by atoms with E-state index in [1.807, 2.05) is 30.5 Å². The van der Waals surface area contributed by atoms with Gasteiger partial charge in [-0.25, -0.2) is 9.18 Å². The van der Waals surface area contributed by atoms with E-state index < -0.39 is 0 Å². The zero-order chi connectivity index (χ0) is 21.2. The van der Waals surface area contributed by atoms with Gasteiger partial charge in [0.1, 0.15) is 11.4 Å². The number of hydrogen-bond acceptors (Lipinski definition) is 4. The number of halogens is 1. The molecule has 0 spiro atoms. The van der Waals surface area contributed by atoms with Crippen molar-refractivity contribution in [3.63, 3.8) is 0 Å². The number of hydrogen-bond donors (Lipinski definition) is 1. The second-order valence-electron chi connectivity index (χ2n) is 8.27. The van der Waals surface area contributed by atoms with Crippen LogP contribution >= 0.6 is 0 Å². The second-order valence-corrected chi connectivity index (χ2v) is 8.27. The largest absolute Gasteiger partial charge is 0.423 e. The number of aromatic amines is 1. The fraction of sp³-hybridized carbons (Fsp3) is 0.320. The van der Waals surface area contributed by atoms with E-state index in [1.165, 1.54) is 23.4 Å². The van der Waals surface area contributed by atoms with Gasteiger partial charge in [-0.3, -0.25) is 4.90 Å². The van der Waals surface area contributed by atoms with Crippen LogP contribution in [0.5, 0.6) is 0 Å². The summed E-state index contributed by atoms with van der Waals surface area (Å²) in [5.41, 5.74) is 3.65. The molecule has 0 amide bonds. The molecule has 0 saturated carbocycles. The minimum absolute atomic E-state index is 0.199. The quantitative estimate of drug-likeness (QED) is 0.368. The number of aromatic nitrogens is 1. The molecule has 5 nitrogen and oxygen atoms in total. The van der Waals surface area contributed by atoms with Crippen molar-refractivity contribution in [3.8, 4) is 0 Å². The average Bonchev–Trinajstić information content (AvgIpc) is 3.18. The first-order valence-corrected chi connectivity index (χ1v) is 10.9. The molecular weight excluding hydrogens is 393 g/mol. The van der Waals surface area contributed by atoms with Crippen LogP contribution in [0, 0.1) is 5.82 Å². The number of H-pyrrole nitrogens is 1. The lowest BCUT2D eigenvalue weighted by atomic mass is 10.1. The monoisotopic (exact) mass is 419 g/mol. The lowest BCUT2D eigenvalue weighted by Gasteiger charge is -2.36. The first-order valence-electron chi connectivity index (χ1n) is 10.9. The molecule has 160 valence electrons. The van der Waals surface area contributed by atoms with E-state index in [9.17, 15) is 9.18 Å². The van der Waals surface area contributed by atoms with E-state index in [4.69, 9.17) is 4.42 Å². The fourth-order valence-electron chi connectivity index (χ4n) is 4.50. The van der Waals surface area contributed by atoms with Gasteiger partial charge >= 0.3 is 5.63 Å². The number of nitrogens with zero attached hydrogens (tertiary/aromatic N) is 2. The van der Waals surface area contributed by atoms with Crippen LogP contribution in [-0.2, 0) is 6.42 Å². The highest BCUT2D eigenvalue weighted by atomic mass is 19.1. The first kappa shape index (κ1) is 19.8. The van der Waals surface area contributed by atoms with Crippen LogP contribution < -0.4 is 10.5 Å². The fourth-order valence-corrected chi connectivity index (χ4v) is 4.50. The predicted molar refractivity (Wildman–Crippen MR) is 122 cm³/mol. The highest BCUT2D eigenvalue weighted by molar-refractivity contribution is 5.83. The van der Waals surface area contributed by atoms with E-state index in [2.05, 4.69) is 20.9 Å². The maximum absolute atomic E-state index is 13.3. The van der Waals surface area contributed by atoms with Crippen molar-refractivity contribution >= 4 is 27.6 Å². The van der Waals surface area contributed by atoms with Crippen molar-refractivity contribution in [1.29, 1.82) is 0 Å². The van der Waals surface area contributed by atoms with Crippen molar-refractivity contribution in [3.05, 3.63) is 76.5 Å². The summed E-state index contributed by atoms with van der Waals surface area (Å²) in [6.45, 7) is 5.20. The lowest BCUT2D eigenvalue weighted by Crippen LogP contribution is -2.46. The van der Waals surface area contributed by atoms with Crippen LogP contribution in [0.3, 0.4) is 0 Å². The minimum atomic E-state index is -0.313. The third kappa shape index (κ3) is 4.35. The standard InChI is InChI=1S/C25H26FN3O2/c26-20-5-7-22-19(17-27-23(22)16-20)3-1-2-10-28-11-13-29(14-12-28)21-6-8-24-18(15-21)4-9-25(30)31-24/h4-9,15-17,27H,1-3,10-14H2. The highest BCUT2D eigenvalue weighted by Crippen LogP contribution is 2.23. The SMILES string of the molecule is O=c1ccc2cc(N3CCN(CCCCc4c[nH]c5cc(F)ccc45)CC3)ccc2o1. The summed E-state index contributed by atoms with van der Waals surface area (Å²) < 4.78 is 18.6. The molecular formula is C25H26FN3O2. The molecule has 4 aromatic rings. The maximum Gasteiger partial charge on any atom is 0.336 e. The summed E-state index contributed by atoms with van der Waals surface area (Å²) >= 11 is 0. The molecule has 1 N–H and O–H groups in total. The number of anilines is 1. The number of aryl methyl sites for hydroxylation is 1. The van der Waals surface area contributed by atoms with E-state index in [1.54, 1.807) is 6.07 Å². The molecule has 0 atom stereocenters. The molecule has 1 aliphatic heterocycles. The molecule has 1 saturated heterocycles.